The van der Waals surface area contributed by atoms with Crippen molar-refractivity contribution in [3.63, 3.8) is 0 Å². The summed E-state index contributed by atoms with van der Waals surface area (Å²) in [5, 5.41) is 15.5. The van der Waals surface area contributed by atoms with Crippen LogP contribution >= 0.6 is 0 Å². The van der Waals surface area contributed by atoms with Gasteiger partial charge in [0.25, 0.3) is 0 Å². The maximum Gasteiger partial charge on any atom is 0.234 e. The molecule has 1 aliphatic carbocycles. The number of primary amides is 1. The molecule has 2 unspecified atom stereocenters. The molecule has 5 heteroatoms. The highest BCUT2D eigenvalue weighted by molar-refractivity contribution is 5.88. The van der Waals surface area contributed by atoms with E-state index in [-0.39, 0.29) is 18.4 Å². The van der Waals surface area contributed by atoms with Crippen molar-refractivity contribution in [1.29, 1.82) is 0 Å². The van der Waals surface area contributed by atoms with Crippen LogP contribution in [0.2, 0.25) is 0 Å². The van der Waals surface area contributed by atoms with Gasteiger partial charge in [0.1, 0.15) is 0 Å². The minimum atomic E-state index is -0.686. The number of aromatic amines is 1. The summed E-state index contributed by atoms with van der Waals surface area (Å²) in [6.45, 7) is -0.0626. The Labute approximate surface area is 218 Å². The van der Waals surface area contributed by atoms with Crippen molar-refractivity contribution in [3.05, 3.63) is 95.7 Å². The maximum atomic E-state index is 12.3. The minimum absolute atomic E-state index is 0.0626. The molecule has 0 spiro atoms. The lowest BCUT2D eigenvalue weighted by Gasteiger charge is -2.47. The lowest BCUT2D eigenvalue weighted by Crippen LogP contribution is -2.62. The van der Waals surface area contributed by atoms with Crippen LogP contribution in [0.3, 0.4) is 0 Å². The smallest absolute Gasteiger partial charge is 0.234 e. The van der Waals surface area contributed by atoms with Gasteiger partial charge in [-0.1, -0.05) is 72.8 Å². The van der Waals surface area contributed by atoms with E-state index in [2.05, 4.69) is 71.0 Å². The van der Waals surface area contributed by atoms with E-state index in [0.29, 0.717) is 12.3 Å². The maximum absolute atomic E-state index is 12.3. The fraction of sp³-hybridized carbons (Fsp3) is 0.344. The van der Waals surface area contributed by atoms with Gasteiger partial charge in [-0.25, -0.2) is 0 Å². The first kappa shape index (κ1) is 24.0. The largest absolute Gasteiger partial charge is 0.394 e. The second kappa shape index (κ2) is 9.81. The van der Waals surface area contributed by atoms with E-state index in [0.717, 1.165) is 54.3 Å². The molecule has 2 aliphatic rings. The number of aliphatic hydroxyl groups is 1. The number of amides is 1. The fourth-order valence-electron chi connectivity index (χ4n) is 6.84. The molecule has 190 valence electrons. The Kier molecular flexibility index (Phi) is 6.35. The van der Waals surface area contributed by atoms with Gasteiger partial charge in [-0.2, -0.15) is 0 Å². The van der Waals surface area contributed by atoms with Crippen molar-refractivity contribution in [2.24, 2.45) is 17.6 Å². The van der Waals surface area contributed by atoms with Gasteiger partial charge in [0.15, 0.2) is 0 Å². The molecule has 1 fully saturated rings. The highest BCUT2D eigenvalue weighted by Gasteiger charge is 2.49. The molecule has 1 saturated carbocycles. The number of fused-ring (bicyclic) bond motifs is 3. The Morgan fingerprint density at radius 1 is 0.892 bits per heavy atom. The number of carbonyl (C=O) groups is 1. The number of H-pyrrole nitrogens is 1. The molecule has 1 aliphatic heterocycles. The van der Waals surface area contributed by atoms with Crippen LogP contribution in [0, 0.1) is 11.8 Å². The third-order valence-corrected chi connectivity index (χ3v) is 8.82. The Morgan fingerprint density at radius 2 is 1.57 bits per heavy atom. The van der Waals surface area contributed by atoms with Crippen molar-refractivity contribution in [2.45, 2.75) is 50.1 Å². The van der Waals surface area contributed by atoms with Gasteiger partial charge in [-0.15, -0.1) is 0 Å². The molecule has 6 rings (SSSR count). The highest BCUT2D eigenvalue weighted by atomic mass is 16.3. The molecular weight excluding hydrogens is 458 g/mol. The molecule has 0 saturated heterocycles. The lowest BCUT2D eigenvalue weighted by molar-refractivity contribution is -0.121. The first-order chi connectivity index (χ1) is 18.1. The quantitative estimate of drug-likeness (QED) is 0.302. The van der Waals surface area contributed by atoms with Crippen LogP contribution in [-0.4, -0.2) is 28.6 Å². The van der Waals surface area contributed by atoms with Crippen LogP contribution in [0.25, 0.3) is 22.0 Å². The summed E-state index contributed by atoms with van der Waals surface area (Å²) in [7, 11) is 0. The number of nitrogens with two attached hydrogens (primary N) is 1. The van der Waals surface area contributed by atoms with Gasteiger partial charge in [0, 0.05) is 16.6 Å². The number of aromatic nitrogens is 1. The molecule has 5 nitrogen and oxygen atoms in total. The molecule has 0 bridgehead atoms. The molecule has 2 heterocycles. The zero-order valence-corrected chi connectivity index (χ0v) is 21.1. The zero-order valence-electron chi connectivity index (χ0n) is 21.1. The van der Waals surface area contributed by atoms with Crippen LogP contribution in [0.1, 0.15) is 42.5 Å². The van der Waals surface area contributed by atoms with Crippen LogP contribution in [-0.2, 0) is 23.2 Å². The van der Waals surface area contributed by atoms with E-state index < -0.39 is 11.6 Å². The van der Waals surface area contributed by atoms with Crippen LogP contribution in [0.4, 0.5) is 0 Å². The van der Waals surface area contributed by atoms with Gasteiger partial charge in [0.05, 0.1) is 18.2 Å². The average molecular weight is 494 g/mol. The second-order valence-electron chi connectivity index (χ2n) is 10.9. The van der Waals surface area contributed by atoms with E-state index in [1.807, 2.05) is 18.2 Å². The SMILES string of the molecule is NC(=O)C1Cc2c([nH]c3ccccc23)C(CO)(C2CCC(Cc3ccc(-c4ccccc4)cc3)CC2)N1. The van der Waals surface area contributed by atoms with E-state index in [9.17, 15) is 9.90 Å². The van der Waals surface area contributed by atoms with E-state index in [1.165, 1.54) is 16.7 Å². The summed E-state index contributed by atoms with van der Waals surface area (Å²) >= 11 is 0. The summed E-state index contributed by atoms with van der Waals surface area (Å²) in [5.74, 6) is 0.483. The zero-order chi connectivity index (χ0) is 25.4. The predicted octanol–water partition coefficient (Wildman–Crippen LogP) is 5.07. The Hall–Kier alpha value is -3.41. The number of para-hydroxylation sites is 1. The number of nitrogens with one attached hydrogen (secondary N) is 2. The highest BCUT2D eigenvalue weighted by Crippen LogP contribution is 2.46. The Bertz CT molecular complexity index is 1390. The Morgan fingerprint density at radius 3 is 2.27 bits per heavy atom. The average Bonchev–Trinajstić information content (AvgIpc) is 3.33. The molecule has 37 heavy (non-hydrogen) atoms. The molecule has 1 amide bonds. The third kappa shape index (κ3) is 4.36. The first-order valence-corrected chi connectivity index (χ1v) is 13.5. The molecule has 5 N–H and O–H groups in total. The van der Waals surface area contributed by atoms with E-state index >= 15 is 0 Å². The lowest BCUT2D eigenvalue weighted by atomic mass is 9.67. The van der Waals surface area contributed by atoms with E-state index in [4.69, 9.17) is 5.73 Å². The van der Waals surface area contributed by atoms with Gasteiger partial charge < -0.3 is 15.8 Å². The summed E-state index contributed by atoms with van der Waals surface area (Å²) in [6.07, 6.45) is 5.82. The number of benzene rings is 3. The summed E-state index contributed by atoms with van der Waals surface area (Å²) in [5.41, 5.74) is 12.2. The number of rotatable bonds is 6. The number of aliphatic hydroxyl groups excluding tert-OH is 1. The molecular formula is C32H35N3O2. The first-order valence-electron chi connectivity index (χ1n) is 13.5. The van der Waals surface area contributed by atoms with Gasteiger partial charge in [0.2, 0.25) is 5.91 Å². The number of hydrogen-bond donors (Lipinski definition) is 4. The van der Waals surface area contributed by atoms with E-state index in [1.54, 1.807) is 0 Å². The molecule has 2 atom stereocenters. The van der Waals surface area contributed by atoms with Crippen molar-refractivity contribution in [3.8, 4) is 11.1 Å². The molecule has 4 aromatic rings. The van der Waals surface area contributed by atoms with Gasteiger partial charge >= 0.3 is 0 Å². The van der Waals surface area contributed by atoms with Crippen molar-refractivity contribution >= 4 is 16.8 Å². The summed E-state index contributed by atoms with van der Waals surface area (Å²) in [6, 6.07) is 27.2. The molecule has 1 aromatic heterocycles. The van der Waals surface area contributed by atoms with Crippen molar-refractivity contribution in [1.82, 2.24) is 10.3 Å². The van der Waals surface area contributed by atoms with Crippen molar-refractivity contribution < 1.29 is 9.90 Å². The summed E-state index contributed by atoms with van der Waals surface area (Å²) in [4.78, 5) is 16.0. The Balaban J connectivity index is 1.20. The monoisotopic (exact) mass is 493 g/mol. The van der Waals surface area contributed by atoms with Crippen LogP contribution in [0.15, 0.2) is 78.9 Å². The molecule has 3 aromatic carbocycles. The summed E-state index contributed by atoms with van der Waals surface area (Å²) < 4.78 is 0. The minimum Gasteiger partial charge on any atom is -0.394 e. The predicted molar refractivity (Wildman–Crippen MR) is 148 cm³/mol. The standard InChI is InChI=1S/C32H35N3O2/c33-31(37)29-19-27-26-8-4-5-9-28(26)34-30(27)32(20-36,35-29)25-16-12-22(13-17-25)18-21-10-14-24(15-11-21)23-6-2-1-3-7-23/h1-11,14-15,22,25,29,34-36H,12-13,16-20H2,(H2,33,37). The van der Waals surface area contributed by atoms with Crippen molar-refractivity contribution in [2.75, 3.05) is 6.61 Å². The molecule has 0 radical (unpaired) electrons. The van der Waals surface area contributed by atoms with Gasteiger partial charge in [-0.3, -0.25) is 10.1 Å². The van der Waals surface area contributed by atoms with Crippen LogP contribution < -0.4 is 11.1 Å². The van der Waals surface area contributed by atoms with Crippen LogP contribution in [0.5, 0.6) is 0 Å². The fourth-order valence-corrected chi connectivity index (χ4v) is 6.84. The van der Waals surface area contributed by atoms with Gasteiger partial charge in [-0.05, 0) is 78.7 Å². The number of hydrogen-bond acceptors (Lipinski definition) is 3. The number of carbonyl (C=O) groups excluding carboxylic acids is 1. The second-order valence-corrected chi connectivity index (χ2v) is 10.9. The topological polar surface area (TPSA) is 91.1 Å². The normalized spacial score (nSPS) is 25.6. The third-order valence-electron chi connectivity index (χ3n) is 8.82.